The lowest BCUT2D eigenvalue weighted by Gasteiger charge is -2.36. The molecule has 2 N–H and O–H groups in total. The van der Waals surface area contributed by atoms with Crippen molar-refractivity contribution in [3.05, 3.63) is 57.2 Å². The van der Waals surface area contributed by atoms with Crippen LogP contribution < -0.4 is 5.43 Å². The molecule has 8 heteroatoms. The maximum absolute atomic E-state index is 13.0. The second-order valence-electron chi connectivity index (χ2n) is 8.03. The number of benzene rings is 2. The molecule has 168 valence electrons. The predicted octanol–water partition coefficient (Wildman–Crippen LogP) is 4.27. The second-order valence-corrected chi connectivity index (χ2v) is 8.43. The molecule has 1 fully saturated rings. The van der Waals surface area contributed by atoms with Crippen LogP contribution in [-0.4, -0.2) is 47.3 Å². The van der Waals surface area contributed by atoms with Gasteiger partial charge in [-0.2, -0.15) is 0 Å². The number of halogens is 1. The molecule has 0 radical (unpaired) electrons. The monoisotopic (exact) mass is 457 g/mol. The van der Waals surface area contributed by atoms with Gasteiger partial charge in [-0.3, -0.25) is 9.59 Å². The van der Waals surface area contributed by atoms with Gasteiger partial charge in [0.1, 0.15) is 34.3 Å². The smallest absolute Gasteiger partial charge is 0.305 e. The number of likely N-dealkylation sites (N-methyl/N-ethyl adjacent to an activating group) is 1. The summed E-state index contributed by atoms with van der Waals surface area (Å²) in [5.74, 6) is -1.16. The lowest BCUT2D eigenvalue weighted by Crippen LogP contribution is -2.43. The maximum atomic E-state index is 13.0. The Kier molecular flexibility index (Phi) is 6.13. The molecule has 2 heterocycles. The molecule has 1 aliphatic heterocycles. The molecule has 1 aliphatic rings. The molecule has 1 aromatic heterocycles. The van der Waals surface area contributed by atoms with E-state index >= 15 is 0 Å². The average Bonchev–Trinajstić information content (AvgIpc) is 2.74. The molecule has 0 bridgehead atoms. The van der Waals surface area contributed by atoms with Crippen LogP contribution in [0.15, 0.2) is 45.6 Å². The third-order valence-corrected chi connectivity index (χ3v) is 6.17. The number of esters is 1. The van der Waals surface area contributed by atoms with E-state index in [-0.39, 0.29) is 40.6 Å². The van der Waals surface area contributed by atoms with Crippen molar-refractivity contribution in [3.63, 3.8) is 0 Å². The minimum absolute atomic E-state index is 0.0342. The topological polar surface area (TPSA) is 100 Å². The minimum Gasteiger partial charge on any atom is -0.507 e. The molecule has 2 aromatic carbocycles. The summed E-state index contributed by atoms with van der Waals surface area (Å²) in [6, 6.07) is 9.34. The number of phenols is 2. The quantitative estimate of drug-likeness (QED) is 0.564. The Hall–Kier alpha value is -3.03. The van der Waals surface area contributed by atoms with Crippen molar-refractivity contribution in [1.82, 2.24) is 4.90 Å². The Morgan fingerprint density at radius 1 is 1.25 bits per heavy atom. The summed E-state index contributed by atoms with van der Waals surface area (Å²) in [4.78, 5) is 27.1. The molecular weight excluding hydrogens is 434 g/mol. The lowest BCUT2D eigenvalue weighted by atomic mass is 9.85. The summed E-state index contributed by atoms with van der Waals surface area (Å²) in [5.41, 5.74) is 0.456. The zero-order valence-corrected chi connectivity index (χ0v) is 18.6. The van der Waals surface area contributed by atoms with Gasteiger partial charge in [0.05, 0.1) is 5.02 Å². The molecule has 7 nitrogen and oxygen atoms in total. The van der Waals surface area contributed by atoms with Gasteiger partial charge < -0.3 is 24.3 Å². The number of aromatic hydroxyl groups is 2. The van der Waals surface area contributed by atoms with Crippen molar-refractivity contribution in [2.45, 2.75) is 31.8 Å². The Balaban J connectivity index is 1.95. The number of hydrogen-bond donors (Lipinski definition) is 2. The summed E-state index contributed by atoms with van der Waals surface area (Å²) >= 11 is 6.30. The van der Waals surface area contributed by atoms with Crippen molar-refractivity contribution in [1.29, 1.82) is 0 Å². The van der Waals surface area contributed by atoms with E-state index in [1.54, 1.807) is 31.2 Å². The van der Waals surface area contributed by atoms with Gasteiger partial charge >= 0.3 is 5.97 Å². The fraction of sp³-hybridized carbons (Fsp3) is 0.333. The number of likely N-dealkylation sites (tertiary alicyclic amines) is 1. The molecule has 2 atom stereocenters. The predicted molar refractivity (Wildman–Crippen MR) is 121 cm³/mol. The highest BCUT2D eigenvalue weighted by Crippen LogP contribution is 2.43. The van der Waals surface area contributed by atoms with Crippen LogP contribution in [0.25, 0.3) is 22.3 Å². The summed E-state index contributed by atoms with van der Waals surface area (Å²) in [7, 11) is 1.92. The van der Waals surface area contributed by atoms with Gasteiger partial charge in [0.15, 0.2) is 5.43 Å². The molecule has 0 aliphatic carbocycles. The van der Waals surface area contributed by atoms with E-state index in [0.29, 0.717) is 35.7 Å². The van der Waals surface area contributed by atoms with E-state index in [9.17, 15) is 19.8 Å². The highest BCUT2D eigenvalue weighted by Gasteiger charge is 2.36. The van der Waals surface area contributed by atoms with Gasteiger partial charge in [-0.15, -0.1) is 0 Å². The first-order valence-electron chi connectivity index (χ1n) is 10.5. The number of ether oxygens (including phenoxy) is 1. The number of rotatable bonds is 4. The number of phenolic OH excluding ortho intramolecular Hbond substituents is 2. The summed E-state index contributed by atoms with van der Waals surface area (Å²) < 4.78 is 11.8. The molecule has 4 rings (SSSR count). The first-order valence-corrected chi connectivity index (χ1v) is 10.8. The molecule has 1 saturated heterocycles. The van der Waals surface area contributed by atoms with Crippen LogP contribution in [0.3, 0.4) is 0 Å². The van der Waals surface area contributed by atoms with Crippen molar-refractivity contribution < 1.29 is 24.2 Å². The van der Waals surface area contributed by atoms with Crippen LogP contribution in [0.5, 0.6) is 11.5 Å². The van der Waals surface area contributed by atoms with Gasteiger partial charge in [0.25, 0.3) is 0 Å². The van der Waals surface area contributed by atoms with Crippen molar-refractivity contribution in [3.8, 4) is 22.8 Å². The number of carbonyl (C=O) groups excluding carboxylic acids is 1. The van der Waals surface area contributed by atoms with Gasteiger partial charge in [-0.25, -0.2) is 0 Å². The van der Waals surface area contributed by atoms with E-state index in [1.165, 1.54) is 6.07 Å². The number of carbonyl (C=O) groups is 1. The van der Waals surface area contributed by atoms with Crippen molar-refractivity contribution >= 4 is 28.5 Å². The lowest BCUT2D eigenvalue weighted by molar-refractivity contribution is -0.152. The summed E-state index contributed by atoms with van der Waals surface area (Å²) in [5, 5.41) is 21.6. The van der Waals surface area contributed by atoms with Crippen LogP contribution in [0.2, 0.25) is 5.02 Å². The number of hydrogen-bond acceptors (Lipinski definition) is 7. The minimum atomic E-state index is -0.547. The number of fused-ring (bicyclic) bond motifs is 1. The van der Waals surface area contributed by atoms with E-state index in [0.717, 1.165) is 6.07 Å². The third kappa shape index (κ3) is 4.06. The molecule has 3 aromatic rings. The largest absolute Gasteiger partial charge is 0.507 e. The average molecular weight is 458 g/mol. The Labute approximate surface area is 189 Å². The first-order chi connectivity index (χ1) is 15.3. The maximum Gasteiger partial charge on any atom is 0.305 e. The normalized spacial score (nSPS) is 19.2. The van der Waals surface area contributed by atoms with E-state index in [4.69, 9.17) is 20.8 Å². The van der Waals surface area contributed by atoms with Crippen LogP contribution >= 0.6 is 11.6 Å². The van der Waals surface area contributed by atoms with E-state index in [1.807, 2.05) is 11.9 Å². The molecular formula is C24H24ClNO6. The molecule has 32 heavy (non-hydrogen) atoms. The van der Waals surface area contributed by atoms with Crippen molar-refractivity contribution in [2.75, 3.05) is 20.1 Å². The molecule has 0 saturated carbocycles. The highest BCUT2D eigenvalue weighted by molar-refractivity contribution is 6.33. The summed E-state index contributed by atoms with van der Waals surface area (Å²) in [6.07, 6.45) is 0.237. The Bertz CT molecular complexity index is 1240. The SMILES string of the molecule is CCC(=O)O[C@@H]1CN(C)CC[C@@H]1c1c(O)cc(O)c2c(=O)cc(-c3ccccc3Cl)oc12. The fourth-order valence-electron chi connectivity index (χ4n) is 4.25. The number of piperidine rings is 1. The molecule has 0 spiro atoms. The van der Waals surface area contributed by atoms with Crippen LogP contribution in [0, 0.1) is 0 Å². The molecule has 0 amide bonds. The van der Waals surface area contributed by atoms with Gasteiger partial charge in [0.2, 0.25) is 0 Å². The Morgan fingerprint density at radius 2 is 2.00 bits per heavy atom. The van der Waals surface area contributed by atoms with Crippen molar-refractivity contribution in [2.24, 2.45) is 0 Å². The van der Waals surface area contributed by atoms with Crippen LogP contribution in [0.1, 0.15) is 31.2 Å². The second kappa shape index (κ2) is 8.84. The third-order valence-electron chi connectivity index (χ3n) is 5.84. The zero-order valence-electron chi connectivity index (χ0n) is 17.8. The van der Waals surface area contributed by atoms with Gasteiger partial charge in [0, 0.05) is 42.1 Å². The first kappa shape index (κ1) is 22.2. The van der Waals surface area contributed by atoms with Crippen LogP contribution in [-0.2, 0) is 9.53 Å². The van der Waals surface area contributed by atoms with Gasteiger partial charge in [-0.1, -0.05) is 30.7 Å². The standard InChI is InChI=1S/C24H24ClNO6/c1-3-21(30)31-20-12-26(2)9-8-14(20)22-16(27)10-17(28)23-18(29)11-19(32-24(22)23)13-6-4-5-7-15(13)25/h4-7,10-11,14,20,27-28H,3,8-9,12H2,1-2H3/t14-,20+/m0/s1. The summed E-state index contributed by atoms with van der Waals surface area (Å²) in [6.45, 7) is 2.87. The van der Waals surface area contributed by atoms with E-state index in [2.05, 4.69) is 0 Å². The van der Waals surface area contributed by atoms with Crippen LogP contribution in [0.4, 0.5) is 0 Å². The number of nitrogens with zero attached hydrogens (tertiary/aromatic N) is 1. The van der Waals surface area contributed by atoms with Gasteiger partial charge in [-0.05, 0) is 32.1 Å². The fourth-order valence-corrected chi connectivity index (χ4v) is 4.48. The Morgan fingerprint density at radius 3 is 2.72 bits per heavy atom. The molecule has 0 unspecified atom stereocenters. The zero-order chi connectivity index (χ0) is 23.0. The highest BCUT2D eigenvalue weighted by atomic mass is 35.5. The van der Waals surface area contributed by atoms with E-state index < -0.39 is 17.5 Å².